The minimum atomic E-state index is -2.72. The lowest BCUT2D eigenvalue weighted by Gasteiger charge is -2.44. The fraction of sp³-hybridized carbons (Fsp3) is 0.519. The third kappa shape index (κ3) is 3.79. The van der Waals surface area contributed by atoms with Crippen molar-refractivity contribution < 1.29 is 19.1 Å². The molecule has 4 atom stereocenters. The molecule has 4 rings (SSSR count). The number of ketones is 1. The summed E-state index contributed by atoms with van der Waals surface area (Å²) in [5, 5.41) is 12.9. The van der Waals surface area contributed by atoms with Gasteiger partial charge in [0, 0.05) is 17.9 Å². The van der Waals surface area contributed by atoms with Gasteiger partial charge in [-0.1, -0.05) is 81.4 Å². The van der Waals surface area contributed by atoms with E-state index in [0.29, 0.717) is 6.61 Å². The van der Waals surface area contributed by atoms with E-state index in [0.717, 1.165) is 6.42 Å². The molecule has 2 aliphatic rings. The number of ether oxygens (including phenoxy) is 1. The Kier molecular flexibility index (Phi) is 5.78. The van der Waals surface area contributed by atoms with Crippen molar-refractivity contribution in [2.45, 2.75) is 70.8 Å². The van der Waals surface area contributed by atoms with Gasteiger partial charge in [-0.2, -0.15) is 0 Å². The minimum absolute atomic E-state index is 0.0828. The summed E-state index contributed by atoms with van der Waals surface area (Å²) < 4.78 is 13.4. The summed E-state index contributed by atoms with van der Waals surface area (Å²) in [7, 11) is -2.72. The molecule has 4 nitrogen and oxygen atoms in total. The Balaban J connectivity index is 1.76. The molecule has 2 aromatic carbocycles. The summed E-state index contributed by atoms with van der Waals surface area (Å²) in [6.07, 6.45) is -0.815. The maximum Gasteiger partial charge on any atom is 0.261 e. The lowest BCUT2D eigenvalue weighted by atomic mass is 10.00. The minimum Gasteiger partial charge on any atom is -0.407 e. The SMILES string of the molecule is CC(C)(C)O[C@H]1C(=O)[C@@H](O)[C@H]2C[C@]21CO[Si](c1ccccc1)(c1ccccc1)C(C)(C)C. The zero-order valence-electron chi connectivity index (χ0n) is 20.1. The molecule has 0 unspecified atom stereocenters. The predicted octanol–water partition coefficient (Wildman–Crippen LogP) is 3.70. The molecule has 32 heavy (non-hydrogen) atoms. The standard InChI is InChI=1S/C27H36O4Si/c1-25(2,3)31-24-23(29)22(28)21-17-27(21,24)18-30-32(26(4,5)6,19-13-9-7-10-14-19)20-15-11-8-12-16-20/h7-16,21-22,24,28H,17-18H2,1-6H3/t21-,22+,24+,27+/m1/s1. The first-order valence-electron chi connectivity index (χ1n) is 11.6. The number of rotatable bonds is 6. The molecule has 2 aromatic rings. The lowest BCUT2D eigenvalue weighted by molar-refractivity contribution is -0.150. The van der Waals surface area contributed by atoms with Crippen LogP contribution >= 0.6 is 0 Å². The average Bonchev–Trinajstić information content (AvgIpc) is 3.42. The molecule has 1 N–H and O–H groups in total. The van der Waals surface area contributed by atoms with E-state index in [2.05, 4.69) is 69.3 Å². The summed E-state index contributed by atoms with van der Waals surface area (Å²) in [5.74, 6) is -0.275. The van der Waals surface area contributed by atoms with E-state index < -0.39 is 31.5 Å². The Morgan fingerprint density at radius 3 is 1.88 bits per heavy atom. The van der Waals surface area contributed by atoms with Gasteiger partial charge < -0.3 is 14.3 Å². The summed E-state index contributed by atoms with van der Waals surface area (Å²) in [6.45, 7) is 13.0. The van der Waals surface area contributed by atoms with Crippen molar-refractivity contribution in [1.82, 2.24) is 0 Å². The highest BCUT2D eigenvalue weighted by Gasteiger charge is 2.73. The second-order valence-corrected chi connectivity index (χ2v) is 15.8. The van der Waals surface area contributed by atoms with Crippen LogP contribution in [0.2, 0.25) is 5.04 Å². The van der Waals surface area contributed by atoms with Crippen LogP contribution in [0.1, 0.15) is 48.0 Å². The fourth-order valence-electron chi connectivity index (χ4n) is 5.49. The van der Waals surface area contributed by atoms with E-state index in [1.807, 2.05) is 32.9 Å². The first-order chi connectivity index (χ1) is 14.9. The molecule has 2 aliphatic carbocycles. The molecular weight excluding hydrogens is 416 g/mol. The number of hydrogen-bond acceptors (Lipinski definition) is 4. The normalized spacial score (nSPS) is 28.0. The number of hydrogen-bond donors (Lipinski definition) is 1. The highest BCUT2D eigenvalue weighted by atomic mass is 28.4. The van der Waals surface area contributed by atoms with Gasteiger partial charge in [0.05, 0.1) is 5.60 Å². The number of fused-ring (bicyclic) bond motifs is 1. The molecule has 0 aliphatic heterocycles. The van der Waals surface area contributed by atoms with Crippen molar-refractivity contribution in [3.05, 3.63) is 60.7 Å². The largest absolute Gasteiger partial charge is 0.407 e. The predicted molar refractivity (Wildman–Crippen MR) is 130 cm³/mol. The van der Waals surface area contributed by atoms with E-state index in [1.54, 1.807) is 0 Å². The first kappa shape index (κ1) is 23.4. The number of benzene rings is 2. The van der Waals surface area contributed by atoms with Crippen LogP contribution in [-0.2, 0) is 14.0 Å². The maximum absolute atomic E-state index is 12.9. The number of carbonyl (C=O) groups excluding carboxylic acids is 1. The lowest BCUT2D eigenvalue weighted by Crippen LogP contribution is -2.67. The smallest absolute Gasteiger partial charge is 0.261 e. The second kappa shape index (κ2) is 7.91. The molecule has 172 valence electrons. The third-order valence-electron chi connectivity index (χ3n) is 7.08. The number of carbonyl (C=O) groups is 1. The van der Waals surface area contributed by atoms with Gasteiger partial charge in [-0.25, -0.2) is 0 Å². The Labute approximate surface area is 193 Å². The van der Waals surface area contributed by atoms with Crippen LogP contribution in [-0.4, -0.2) is 43.6 Å². The molecule has 0 spiro atoms. The molecule has 0 bridgehead atoms. The van der Waals surface area contributed by atoms with Gasteiger partial charge in [-0.3, -0.25) is 4.79 Å². The highest BCUT2D eigenvalue weighted by Crippen LogP contribution is 2.64. The summed E-state index contributed by atoms with van der Waals surface area (Å²) in [5.41, 5.74) is -0.918. The van der Waals surface area contributed by atoms with Gasteiger partial charge in [0.25, 0.3) is 8.32 Å². The maximum atomic E-state index is 12.9. The van der Waals surface area contributed by atoms with Crippen molar-refractivity contribution >= 4 is 24.5 Å². The van der Waals surface area contributed by atoms with Crippen molar-refractivity contribution in [3.8, 4) is 0 Å². The van der Waals surface area contributed by atoms with Crippen molar-refractivity contribution in [2.75, 3.05) is 6.61 Å². The Hall–Kier alpha value is -1.79. The van der Waals surface area contributed by atoms with Gasteiger partial charge in [-0.15, -0.1) is 0 Å². The van der Waals surface area contributed by atoms with Crippen LogP contribution in [0.4, 0.5) is 0 Å². The van der Waals surface area contributed by atoms with E-state index in [-0.39, 0.29) is 16.7 Å². The molecule has 2 saturated carbocycles. The molecule has 0 amide bonds. The molecule has 0 heterocycles. The number of Topliss-reactive ketones (excluding diaryl/α,β-unsaturated/α-hetero) is 1. The van der Waals surface area contributed by atoms with E-state index in [9.17, 15) is 9.90 Å². The molecule has 0 radical (unpaired) electrons. The summed E-state index contributed by atoms with van der Waals surface area (Å²) in [4.78, 5) is 12.9. The molecule has 0 aromatic heterocycles. The summed E-state index contributed by atoms with van der Waals surface area (Å²) >= 11 is 0. The van der Waals surface area contributed by atoms with Gasteiger partial charge in [0.2, 0.25) is 0 Å². The van der Waals surface area contributed by atoms with Crippen molar-refractivity contribution in [1.29, 1.82) is 0 Å². The summed E-state index contributed by atoms with van der Waals surface area (Å²) in [6, 6.07) is 21.0. The zero-order valence-corrected chi connectivity index (χ0v) is 21.1. The Bertz CT molecular complexity index is 921. The van der Waals surface area contributed by atoms with Gasteiger partial charge >= 0.3 is 0 Å². The molecule has 0 saturated heterocycles. The number of aliphatic hydroxyl groups is 1. The van der Waals surface area contributed by atoms with Gasteiger partial charge in [0.15, 0.2) is 5.78 Å². The quantitative estimate of drug-likeness (QED) is 0.679. The fourth-order valence-corrected chi connectivity index (χ4v) is 10.1. The van der Waals surface area contributed by atoms with Crippen LogP contribution in [0, 0.1) is 11.3 Å². The van der Waals surface area contributed by atoms with Crippen LogP contribution in [0.5, 0.6) is 0 Å². The molecule has 2 fully saturated rings. The first-order valence-corrected chi connectivity index (χ1v) is 13.5. The van der Waals surface area contributed by atoms with Crippen molar-refractivity contribution in [3.63, 3.8) is 0 Å². The van der Waals surface area contributed by atoms with Gasteiger partial charge in [0.1, 0.15) is 12.2 Å². The zero-order chi connectivity index (χ0) is 23.4. The number of aliphatic hydroxyl groups excluding tert-OH is 1. The topological polar surface area (TPSA) is 55.8 Å². The van der Waals surface area contributed by atoms with Crippen LogP contribution < -0.4 is 10.4 Å². The van der Waals surface area contributed by atoms with Crippen LogP contribution in [0.3, 0.4) is 0 Å². The second-order valence-electron chi connectivity index (χ2n) is 11.5. The Morgan fingerprint density at radius 1 is 0.938 bits per heavy atom. The average molecular weight is 453 g/mol. The van der Waals surface area contributed by atoms with Gasteiger partial charge in [-0.05, 0) is 42.6 Å². The third-order valence-corrected chi connectivity index (χ3v) is 12.1. The van der Waals surface area contributed by atoms with E-state index in [4.69, 9.17) is 9.16 Å². The molecule has 5 heteroatoms. The van der Waals surface area contributed by atoms with E-state index in [1.165, 1.54) is 10.4 Å². The highest BCUT2D eigenvalue weighted by molar-refractivity contribution is 6.99. The Morgan fingerprint density at radius 2 is 1.44 bits per heavy atom. The van der Waals surface area contributed by atoms with Crippen LogP contribution in [0.15, 0.2) is 60.7 Å². The molecular formula is C27H36O4Si. The monoisotopic (exact) mass is 452 g/mol. The van der Waals surface area contributed by atoms with E-state index >= 15 is 0 Å². The van der Waals surface area contributed by atoms with Crippen LogP contribution in [0.25, 0.3) is 0 Å². The van der Waals surface area contributed by atoms with Crippen molar-refractivity contribution in [2.24, 2.45) is 11.3 Å².